The molecule has 17 heavy (non-hydrogen) atoms. The molecule has 1 aromatic carbocycles. The van der Waals surface area contributed by atoms with E-state index < -0.39 is 23.2 Å². The first-order chi connectivity index (χ1) is 7.88. The standard InChI is InChI=1S/C13H16F3N/c1-13(2,16)12(9-6-17-7-9)8-3-10(14)5-11(15)4-8/h3-5,9,12,17H,6-7H2,1-2H3/t12-/m1/s1. The van der Waals surface area contributed by atoms with Crippen LogP contribution in [-0.4, -0.2) is 18.8 Å². The number of rotatable bonds is 3. The molecule has 0 saturated carbocycles. The van der Waals surface area contributed by atoms with Gasteiger partial charge in [-0.05, 0) is 50.6 Å². The summed E-state index contributed by atoms with van der Waals surface area (Å²) in [6, 6.07) is 3.27. The van der Waals surface area contributed by atoms with Crippen molar-refractivity contribution in [1.82, 2.24) is 5.32 Å². The van der Waals surface area contributed by atoms with Gasteiger partial charge in [-0.15, -0.1) is 0 Å². The fraction of sp³-hybridized carbons (Fsp3) is 0.538. The van der Waals surface area contributed by atoms with Crippen molar-refractivity contribution < 1.29 is 13.2 Å². The Morgan fingerprint density at radius 3 is 2.06 bits per heavy atom. The Morgan fingerprint density at radius 2 is 1.71 bits per heavy atom. The van der Waals surface area contributed by atoms with Gasteiger partial charge < -0.3 is 5.32 Å². The van der Waals surface area contributed by atoms with E-state index in [2.05, 4.69) is 5.32 Å². The molecule has 1 fully saturated rings. The molecule has 4 heteroatoms. The van der Waals surface area contributed by atoms with Crippen molar-refractivity contribution in [2.45, 2.75) is 25.4 Å². The lowest BCUT2D eigenvalue weighted by Gasteiger charge is -2.40. The zero-order valence-corrected chi connectivity index (χ0v) is 9.93. The molecule has 1 saturated heterocycles. The Labute approximate surface area is 99.0 Å². The summed E-state index contributed by atoms with van der Waals surface area (Å²) in [6.07, 6.45) is 0. The highest BCUT2D eigenvalue weighted by Crippen LogP contribution is 2.39. The summed E-state index contributed by atoms with van der Waals surface area (Å²) in [5.41, 5.74) is -1.09. The zero-order valence-electron chi connectivity index (χ0n) is 9.93. The molecule has 1 aliphatic rings. The number of alkyl halides is 1. The lowest BCUT2D eigenvalue weighted by molar-refractivity contribution is 0.107. The Hall–Kier alpha value is -1.03. The SMILES string of the molecule is CC(C)(F)[C@H](c1cc(F)cc(F)c1)C1CNC1. The third-order valence-corrected chi connectivity index (χ3v) is 3.27. The van der Waals surface area contributed by atoms with Crippen LogP contribution in [0.4, 0.5) is 13.2 Å². The molecule has 1 nitrogen and oxygen atoms in total. The summed E-state index contributed by atoms with van der Waals surface area (Å²) in [4.78, 5) is 0. The van der Waals surface area contributed by atoms with Crippen molar-refractivity contribution in [3.8, 4) is 0 Å². The summed E-state index contributed by atoms with van der Waals surface area (Å²) < 4.78 is 40.6. The number of benzene rings is 1. The molecule has 1 heterocycles. The van der Waals surface area contributed by atoms with Gasteiger partial charge in [-0.1, -0.05) is 0 Å². The molecule has 0 radical (unpaired) electrons. The second-order valence-electron chi connectivity index (χ2n) is 5.16. The van der Waals surface area contributed by atoms with Gasteiger partial charge in [0.1, 0.15) is 17.3 Å². The topological polar surface area (TPSA) is 12.0 Å². The second-order valence-corrected chi connectivity index (χ2v) is 5.16. The molecule has 1 aliphatic heterocycles. The average molecular weight is 243 g/mol. The summed E-state index contributed by atoms with van der Waals surface area (Å²) in [7, 11) is 0. The van der Waals surface area contributed by atoms with Crippen LogP contribution in [-0.2, 0) is 0 Å². The van der Waals surface area contributed by atoms with Gasteiger partial charge in [0.05, 0.1) is 0 Å². The summed E-state index contributed by atoms with van der Waals surface area (Å²) in [5, 5.41) is 3.06. The number of nitrogens with one attached hydrogen (secondary N) is 1. The van der Waals surface area contributed by atoms with Crippen LogP contribution in [0.3, 0.4) is 0 Å². The monoisotopic (exact) mass is 243 g/mol. The first-order valence-electron chi connectivity index (χ1n) is 5.73. The fourth-order valence-electron chi connectivity index (χ4n) is 2.53. The first-order valence-corrected chi connectivity index (χ1v) is 5.73. The van der Waals surface area contributed by atoms with Crippen LogP contribution in [0.2, 0.25) is 0 Å². The minimum atomic E-state index is -1.49. The third-order valence-electron chi connectivity index (χ3n) is 3.27. The maximum absolute atomic E-state index is 14.2. The van der Waals surface area contributed by atoms with Crippen LogP contribution in [0, 0.1) is 17.6 Å². The summed E-state index contributed by atoms with van der Waals surface area (Å²) in [6.45, 7) is 4.30. The van der Waals surface area contributed by atoms with Crippen LogP contribution in [0.15, 0.2) is 18.2 Å². The highest BCUT2D eigenvalue weighted by molar-refractivity contribution is 5.26. The van der Waals surface area contributed by atoms with E-state index in [1.54, 1.807) is 0 Å². The quantitative estimate of drug-likeness (QED) is 0.860. The Bertz CT molecular complexity index is 387. The average Bonchev–Trinajstić information content (AvgIpc) is 2.06. The molecule has 2 rings (SSSR count). The van der Waals surface area contributed by atoms with Gasteiger partial charge in [-0.3, -0.25) is 0 Å². The zero-order chi connectivity index (χ0) is 12.6. The highest BCUT2D eigenvalue weighted by atomic mass is 19.1. The van der Waals surface area contributed by atoms with E-state index in [1.807, 2.05) is 0 Å². The van der Waals surface area contributed by atoms with E-state index in [0.29, 0.717) is 18.7 Å². The molecule has 94 valence electrons. The Balaban J connectivity index is 2.37. The number of halogens is 3. The van der Waals surface area contributed by atoms with Crippen LogP contribution >= 0.6 is 0 Å². The van der Waals surface area contributed by atoms with Gasteiger partial charge in [0.25, 0.3) is 0 Å². The fourth-order valence-corrected chi connectivity index (χ4v) is 2.53. The molecule has 0 spiro atoms. The molecule has 0 unspecified atom stereocenters. The molecule has 1 aromatic rings. The van der Waals surface area contributed by atoms with Gasteiger partial charge in [0, 0.05) is 12.0 Å². The number of hydrogen-bond donors (Lipinski definition) is 1. The minimum absolute atomic E-state index is 0.0937. The molecule has 0 bridgehead atoms. The molecule has 0 amide bonds. The van der Waals surface area contributed by atoms with E-state index in [1.165, 1.54) is 26.0 Å². The van der Waals surface area contributed by atoms with Crippen LogP contribution in [0.5, 0.6) is 0 Å². The second kappa shape index (κ2) is 4.33. The van der Waals surface area contributed by atoms with Crippen molar-refractivity contribution >= 4 is 0 Å². The molecular weight excluding hydrogens is 227 g/mol. The van der Waals surface area contributed by atoms with Crippen LogP contribution in [0.1, 0.15) is 25.3 Å². The maximum Gasteiger partial charge on any atom is 0.126 e. The van der Waals surface area contributed by atoms with E-state index in [9.17, 15) is 13.2 Å². The molecule has 0 aromatic heterocycles. The van der Waals surface area contributed by atoms with Gasteiger partial charge >= 0.3 is 0 Å². The highest BCUT2D eigenvalue weighted by Gasteiger charge is 2.40. The predicted octanol–water partition coefficient (Wildman–Crippen LogP) is 3.02. The first kappa shape index (κ1) is 12.4. The van der Waals surface area contributed by atoms with Crippen LogP contribution in [0.25, 0.3) is 0 Å². The third kappa shape index (κ3) is 2.63. The van der Waals surface area contributed by atoms with Crippen molar-refractivity contribution in [2.24, 2.45) is 5.92 Å². The van der Waals surface area contributed by atoms with Gasteiger partial charge in [0.2, 0.25) is 0 Å². The normalized spacial score (nSPS) is 18.9. The molecule has 1 N–H and O–H groups in total. The van der Waals surface area contributed by atoms with Crippen molar-refractivity contribution in [3.05, 3.63) is 35.4 Å². The van der Waals surface area contributed by atoms with Gasteiger partial charge in [-0.2, -0.15) is 0 Å². The lowest BCUT2D eigenvalue weighted by atomic mass is 9.74. The summed E-state index contributed by atoms with van der Waals surface area (Å²) >= 11 is 0. The van der Waals surface area contributed by atoms with E-state index in [4.69, 9.17) is 0 Å². The maximum atomic E-state index is 14.2. The van der Waals surface area contributed by atoms with E-state index in [-0.39, 0.29) is 5.92 Å². The van der Waals surface area contributed by atoms with E-state index in [0.717, 1.165) is 6.07 Å². The largest absolute Gasteiger partial charge is 0.316 e. The smallest absolute Gasteiger partial charge is 0.126 e. The Kier molecular flexibility index (Phi) is 3.17. The van der Waals surface area contributed by atoms with Gasteiger partial charge in [0.15, 0.2) is 0 Å². The molecule has 0 aliphatic carbocycles. The lowest BCUT2D eigenvalue weighted by Crippen LogP contribution is -2.49. The van der Waals surface area contributed by atoms with Crippen molar-refractivity contribution in [1.29, 1.82) is 0 Å². The van der Waals surface area contributed by atoms with Crippen molar-refractivity contribution in [3.63, 3.8) is 0 Å². The van der Waals surface area contributed by atoms with Crippen molar-refractivity contribution in [2.75, 3.05) is 13.1 Å². The minimum Gasteiger partial charge on any atom is -0.316 e. The Morgan fingerprint density at radius 1 is 1.18 bits per heavy atom. The number of hydrogen-bond acceptors (Lipinski definition) is 1. The summed E-state index contributed by atoms with van der Waals surface area (Å²) in [5.74, 6) is -1.69. The van der Waals surface area contributed by atoms with Gasteiger partial charge in [-0.25, -0.2) is 13.2 Å². The molecule has 1 atom stereocenters. The van der Waals surface area contributed by atoms with Crippen LogP contribution < -0.4 is 5.32 Å². The van der Waals surface area contributed by atoms with E-state index >= 15 is 0 Å². The predicted molar refractivity (Wildman–Crippen MR) is 60.6 cm³/mol. The molecular formula is C13H16F3N.